The second-order valence-corrected chi connectivity index (χ2v) is 4.82. The van der Waals surface area contributed by atoms with Crippen LogP contribution in [-0.2, 0) is 11.3 Å². The van der Waals surface area contributed by atoms with Crippen LogP contribution in [-0.4, -0.2) is 12.2 Å². The minimum atomic E-state index is -0.353. The molecular weight excluding hydrogens is 212 g/mol. The second kappa shape index (κ2) is 7.46. The van der Waals surface area contributed by atoms with Gasteiger partial charge in [-0.05, 0) is 23.5 Å². The standard InChI is InChI=1S/C15H24O2/c1-4-6-12(2)9-15(16)14-8-5-7-13(10-14)11-17-3/h5,7-8,10,12,15-16H,4,6,9,11H2,1-3H3. The Labute approximate surface area is 105 Å². The van der Waals surface area contributed by atoms with Gasteiger partial charge in [0.1, 0.15) is 0 Å². The first-order chi connectivity index (χ1) is 8.17. The maximum atomic E-state index is 10.2. The highest BCUT2D eigenvalue weighted by Crippen LogP contribution is 2.24. The van der Waals surface area contributed by atoms with Gasteiger partial charge in [0.25, 0.3) is 0 Å². The molecule has 0 aliphatic heterocycles. The Balaban J connectivity index is 2.61. The van der Waals surface area contributed by atoms with E-state index in [-0.39, 0.29) is 6.10 Å². The molecule has 0 aromatic heterocycles. The van der Waals surface area contributed by atoms with E-state index < -0.39 is 0 Å². The summed E-state index contributed by atoms with van der Waals surface area (Å²) in [6, 6.07) is 8.03. The third-order valence-electron chi connectivity index (χ3n) is 3.05. The van der Waals surface area contributed by atoms with Crippen LogP contribution in [0.2, 0.25) is 0 Å². The third-order valence-corrected chi connectivity index (χ3v) is 3.05. The Morgan fingerprint density at radius 1 is 1.35 bits per heavy atom. The molecular formula is C15H24O2. The van der Waals surface area contributed by atoms with E-state index in [2.05, 4.69) is 13.8 Å². The van der Waals surface area contributed by atoms with Gasteiger partial charge in [-0.3, -0.25) is 0 Å². The summed E-state index contributed by atoms with van der Waals surface area (Å²) in [6.45, 7) is 4.99. The molecule has 1 aromatic rings. The summed E-state index contributed by atoms with van der Waals surface area (Å²) in [4.78, 5) is 0. The average Bonchev–Trinajstić information content (AvgIpc) is 2.30. The number of aliphatic hydroxyl groups excluding tert-OH is 1. The van der Waals surface area contributed by atoms with Crippen molar-refractivity contribution in [2.45, 2.75) is 45.8 Å². The normalized spacial score (nSPS) is 14.6. The van der Waals surface area contributed by atoms with E-state index in [0.29, 0.717) is 12.5 Å². The van der Waals surface area contributed by atoms with Gasteiger partial charge in [0.15, 0.2) is 0 Å². The fraction of sp³-hybridized carbons (Fsp3) is 0.600. The molecule has 2 unspecified atom stereocenters. The summed E-state index contributed by atoms with van der Waals surface area (Å²) in [5.41, 5.74) is 2.12. The number of aliphatic hydroxyl groups is 1. The van der Waals surface area contributed by atoms with Crippen molar-refractivity contribution in [2.75, 3.05) is 7.11 Å². The van der Waals surface area contributed by atoms with E-state index in [4.69, 9.17) is 4.74 Å². The number of hydrogen-bond acceptors (Lipinski definition) is 2. The van der Waals surface area contributed by atoms with Crippen molar-refractivity contribution in [1.29, 1.82) is 0 Å². The molecule has 0 aliphatic rings. The van der Waals surface area contributed by atoms with Gasteiger partial charge >= 0.3 is 0 Å². The summed E-state index contributed by atoms with van der Waals surface area (Å²) in [5, 5.41) is 10.2. The van der Waals surface area contributed by atoms with E-state index in [0.717, 1.165) is 17.5 Å². The van der Waals surface area contributed by atoms with Crippen molar-refractivity contribution in [3.63, 3.8) is 0 Å². The molecule has 1 aromatic carbocycles. The lowest BCUT2D eigenvalue weighted by atomic mass is 9.94. The van der Waals surface area contributed by atoms with Gasteiger partial charge in [-0.1, -0.05) is 51.0 Å². The molecule has 1 rings (SSSR count). The molecule has 0 spiro atoms. The van der Waals surface area contributed by atoms with Crippen molar-refractivity contribution in [3.8, 4) is 0 Å². The monoisotopic (exact) mass is 236 g/mol. The molecule has 0 amide bonds. The van der Waals surface area contributed by atoms with Gasteiger partial charge in [0.05, 0.1) is 12.7 Å². The quantitative estimate of drug-likeness (QED) is 0.782. The Kier molecular flexibility index (Phi) is 6.23. The van der Waals surface area contributed by atoms with Crippen LogP contribution in [0.25, 0.3) is 0 Å². The van der Waals surface area contributed by atoms with E-state index >= 15 is 0 Å². The Morgan fingerprint density at radius 2 is 2.12 bits per heavy atom. The van der Waals surface area contributed by atoms with Gasteiger partial charge in [0.2, 0.25) is 0 Å². The van der Waals surface area contributed by atoms with Crippen LogP contribution >= 0.6 is 0 Å². The summed E-state index contributed by atoms with van der Waals surface area (Å²) in [6.07, 6.45) is 2.84. The molecule has 17 heavy (non-hydrogen) atoms. The Bertz CT molecular complexity index is 322. The maximum absolute atomic E-state index is 10.2. The van der Waals surface area contributed by atoms with Crippen molar-refractivity contribution in [2.24, 2.45) is 5.92 Å². The van der Waals surface area contributed by atoms with E-state index in [1.54, 1.807) is 7.11 Å². The minimum Gasteiger partial charge on any atom is -0.388 e. The third kappa shape index (κ3) is 4.88. The van der Waals surface area contributed by atoms with Gasteiger partial charge in [-0.15, -0.1) is 0 Å². The predicted octanol–water partition coefficient (Wildman–Crippen LogP) is 3.69. The molecule has 1 N–H and O–H groups in total. The summed E-state index contributed by atoms with van der Waals surface area (Å²) < 4.78 is 5.10. The van der Waals surface area contributed by atoms with Crippen LogP contribution in [0.5, 0.6) is 0 Å². The van der Waals surface area contributed by atoms with E-state index in [9.17, 15) is 5.11 Å². The summed E-state index contributed by atoms with van der Waals surface area (Å²) >= 11 is 0. The molecule has 2 heteroatoms. The Morgan fingerprint density at radius 3 is 2.76 bits per heavy atom. The lowest BCUT2D eigenvalue weighted by Gasteiger charge is -2.16. The molecule has 0 heterocycles. The van der Waals surface area contributed by atoms with Crippen LogP contribution in [0.4, 0.5) is 0 Å². The first-order valence-corrected chi connectivity index (χ1v) is 6.43. The van der Waals surface area contributed by atoms with Crippen LogP contribution in [0.15, 0.2) is 24.3 Å². The zero-order valence-corrected chi connectivity index (χ0v) is 11.1. The van der Waals surface area contributed by atoms with Crippen molar-refractivity contribution in [3.05, 3.63) is 35.4 Å². The fourth-order valence-electron chi connectivity index (χ4n) is 2.18. The maximum Gasteiger partial charge on any atom is 0.0792 e. The first kappa shape index (κ1) is 14.2. The minimum absolute atomic E-state index is 0.353. The number of ether oxygens (including phenoxy) is 1. The van der Waals surface area contributed by atoms with E-state index in [1.165, 1.54) is 12.8 Å². The number of methoxy groups -OCH3 is 1. The fourth-order valence-corrected chi connectivity index (χ4v) is 2.18. The van der Waals surface area contributed by atoms with Crippen LogP contribution in [0, 0.1) is 5.92 Å². The molecule has 0 radical (unpaired) electrons. The molecule has 96 valence electrons. The zero-order chi connectivity index (χ0) is 12.7. The van der Waals surface area contributed by atoms with Crippen molar-refractivity contribution >= 4 is 0 Å². The molecule has 2 atom stereocenters. The van der Waals surface area contributed by atoms with Crippen LogP contribution in [0.3, 0.4) is 0 Å². The number of benzene rings is 1. The molecule has 0 bridgehead atoms. The molecule has 0 fully saturated rings. The molecule has 0 saturated carbocycles. The van der Waals surface area contributed by atoms with Crippen LogP contribution < -0.4 is 0 Å². The first-order valence-electron chi connectivity index (χ1n) is 6.43. The van der Waals surface area contributed by atoms with Crippen molar-refractivity contribution in [1.82, 2.24) is 0 Å². The average molecular weight is 236 g/mol. The SMILES string of the molecule is CCCC(C)CC(O)c1cccc(COC)c1. The highest BCUT2D eigenvalue weighted by molar-refractivity contribution is 5.24. The molecule has 2 nitrogen and oxygen atoms in total. The molecule has 0 aliphatic carbocycles. The van der Waals surface area contributed by atoms with Gasteiger partial charge < -0.3 is 9.84 Å². The van der Waals surface area contributed by atoms with E-state index in [1.807, 2.05) is 24.3 Å². The smallest absolute Gasteiger partial charge is 0.0792 e. The zero-order valence-electron chi connectivity index (χ0n) is 11.1. The largest absolute Gasteiger partial charge is 0.388 e. The van der Waals surface area contributed by atoms with Gasteiger partial charge in [-0.25, -0.2) is 0 Å². The highest BCUT2D eigenvalue weighted by Gasteiger charge is 2.12. The summed E-state index contributed by atoms with van der Waals surface area (Å²) in [7, 11) is 1.69. The predicted molar refractivity (Wildman–Crippen MR) is 70.8 cm³/mol. The topological polar surface area (TPSA) is 29.5 Å². The molecule has 0 saturated heterocycles. The second-order valence-electron chi connectivity index (χ2n) is 4.82. The van der Waals surface area contributed by atoms with Gasteiger partial charge in [0, 0.05) is 7.11 Å². The van der Waals surface area contributed by atoms with Crippen LogP contribution in [0.1, 0.15) is 50.3 Å². The number of hydrogen-bond donors (Lipinski definition) is 1. The highest BCUT2D eigenvalue weighted by atomic mass is 16.5. The number of rotatable bonds is 7. The summed E-state index contributed by atoms with van der Waals surface area (Å²) in [5.74, 6) is 0.570. The van der Waals surface area contributed by atoms with Gasteiger partial charge in [-0.2, -0.15) is 0 Å². The lowest BCUT2D eigenvalue weighted by molar-refractivity contribution is 0.144. The van der Waals surface area contributed by atoms with Crippen molar-refractivity contribution < 1.29 is 9.84 Å². The Hall–Kier alpha value is -0.860. The lowest BCUT2D eigenvalue weighted by Crippen LogP contribution is -2.05.